The number of carbonyl (C=O) groups is 1. The van der Waals surface area contributed by atoms with Gasteiger partial charge in [0.25, 0.3) is 0 Å². The zero-order valence-corrected chi connectivity index (χ0v) is 13.9. The molecule has 0 radical (unpaired) electrons. The van der Waals surface area contributed by atoms with E-state index in [0.717, 1.165) is 14.7 Å². The monoisotopic (exact) mass is 339 g/mol. The van der Waals surface area contributed by atoms with Crippen molar-refractivity contribution in [2.24, 2.45) is 0 Å². The van der Waals surface area contributed by atoms with Crippen LogP contribution in [-0.4, -0.2) is 13.1 Å². The van der Waals surface area contributed by atoms with Crippen molar-refractivity contribution in [2.75, 3.05) is 7.11 Å². The van der Waals surface area contributed by atoms with Crippen LogP contribution in [0.1, 0.15) is 10.4 Å². The van der Waals surface area contributed by atoms with Crippen molar-refractivity contribution in [1.82, 2.24) is 0 Å². The van der Waals surface area contributed by atoms with Crippen molar-refractivity contribution >= 4 is 16.9 Å². The molecule has 0 unspecified atom stereocenters. The maximum absolute atomic E-state index is 14.4. The van der Waals surface area contributed by atoms with Gasteiger partial charge in [0.2, 0.25) is 0 Å². The Morgan fingerprint density at radius 3 is 1.83 bits per heavy atom. The molecule has 0 aliphatic rings. The first kappa shape index (κ1) is 16.3. The zero-order valence-electron chi connectivity index (χ0n) is 13.1. The number of carbonyl (C=O) groups excluding carboxylic acids is 1. The number of rotatable bonds is 4. The summed E-state index contributed by atoms with van der Waals surface area (Å²) in [5.74, 6) is -1.23. The molecule has 0 bridgehead atoms. The largest absolute Gasteiger partial charge is 0.465 e. The van der Waals surface area contributed by atoms with E-state index in [2.05, 4.69) is 4.74 Å². The second kappa shape index (κ2) is 7.32. The summed E-state index contributed by atoms with van der Waals surface area (Å²) in [7, 11) is 0.804. The second-order valence-electron chi connectivity index (χ2n) is 5.07. The predicted molar refractivity (Wildman–Crippen MR) is 92.8 cm³/mol. The van der Waals surface area contributed by atoms with E-state index in [4.69, 9.17) is 0 Å². The van der Waals surface area contributed by atoms with Gasteiger partial charge in [0.15, 0.2) is 14.7 Å². The van der Waals surface area contributed by atoms with Crippen molar-refractivity contribution in [1.29, 1.82) is 0 Å². The summed E-state index contributed by atoms with van der Waals surface area (Å²) >= 11 is 0. The SMILES string of the molecule is COC(=O)c1ccc([S+](c2ccccc2)c2ccccc2)cc1F. The zero-order chi connectivity index (χ0) is 16.9. The molecule has 3 aromatic carbocycles. The number of halogens is 1. The molecule has 4 heteroatoms. The molecule has 120 valence electrons. The lowest BCUT2D eigenvalue weighted by atomic mass is 10.2. The first-order valence-electron chi connectivity index (χ1n) is 7.43. The van der Waals surface area contributed by atoms with Crippen LogP contribution in [0.15, 0.2) is 93.5 Å². The van der Waals surface area contributed by atoms with Gasteiger partial charge in [0.1, 0.15) is 5.82 Å². The highest BCUT2D eigenvalue weighted by atomic mass is 32.2. The second-order valence-corrected chi connectivity index (χ2v) is 7.09. The van der Waals surface area contributed by atoms with Crippen LogP contribution in [0.25, 0.3) is 0 Å². The van der Waals surface area contributed by atoms with Gasteiger partial charge in [-0.1, -0.05) is 36.4 Å². The summed E-state index contributed by atoms with van der Waals surface area (Å²) in [4.78, 5) is 14.6. The van der Waals surface area contributed by atoms with Crippen LogP contribution in [0.4, 0.5) is 4.39 Å². The summed E-state index contributed by atoms with van der Waals surface area (Å²) < 4.78 is 19.0. The normalized spacial score (nSPS) is 10.6. The smallest absolute Gasteiger partial charge is 0.340 e. The molecule has 0 saturated carbocycles. The molecule has 0 N–H and O–H groups in total. The molecular formula is C20H16FO2S+. The van der Waals surface area contributed by atoms with Gasteiger partial charge >= 0.3 is 5.97 Å². The average molecular weight is 339 g/mol. The maximum atomic E-state index is 14.4. The topological polar surface area (TPSA) is 26.3 Å². The molecule has 0 amide bonds. The van der Waals surface area contributed by atoms with Gasteiger partial charge in [-0.15, -0.1) is 0 Å². The molecule has 2 nitrogen and oxygen atoms in total. The van der Waals surface area contributed by atoms with Crippen molar-refractivity contribution in [3.8, 4) is 0 Å². The van der Waals surface area contributed by atoms with Crippen LogP contribution in [0, 0.1) is 5.82 Å². The predicted octanol–water partition coefficient (Wildman–Crippen LogP) is 4.71. The van der Waals surface area contributed by atoms with Crippen LogP contribution >= 0.6 is 0 Å². The minimum atomic E-state index is -0.668. The van der Waals surface area contributed by atoms with Crippen LogP contribution in [-0.2, 0) is 15.6 Å². The Kier molecular flexibility index (Phi) is 4.96. The fraction of sp³-hybridized carbons (Fsp3) is 0.0500. The Morgan fingerprint density at radius 2 is 1.38 bits per heavy atom. The minimum Gasteiger partial charge on any atom is -0.465 e. The third kappa shape index (κ3) is 3.34. The van der Waals surface area contributed by atoms with E-state index in [1.54, 1.807) is 6.07 Å². The molecule has 24 heavy (non-hydrogen) atoms. The molecule has 0 aliphatic carbocycles. The Balaban J connectivity index is 2.10. The Hall–Kier alpha value is -2.59. The molecular weight excluding hydrogens is 323 g/mol. The lowest BCUT2D eigenvalue weighted by Gasteiger charge is -2.09. The highest BCUT2D eigenvalue weighted by Crippen LogP contribution is 2.31. The van der Waals surface area contributed by atoms with E-state index >= 15 is 0 Å². The molecule has 0 spiro atoms. The number of hydrogen-bond donors (Lipinski definition) is 0. The standard InChI is InChI=1S/C20H16FO2S/c1-23-20(22)18-13-12-17(14-19(18)21)24(15-8-4-2-5-9-15)16-10-6-3-7-11-16/h2-14H,1H3/q+1. The quantitative estimate of drug-likeness (QED) is 0.508. The number of methoxy groups -OCH3 is 1. The summed E-state index contributed by atoms with van der Waals surface area (Å²) in [6, 6.07) is 24.6. The average Bonchev–Trinajstić information content (AvgIpc) is 2.63. The summed E-state index contributed by atoms with van der Waals surface area (Å²) in [5, 5.41) is 0. The molecule has 3 aromatic rings. The maximum Gasteiger partial charge on any atom is 0.340 e. The molecule has 0 aromatic heterocycles. The van der Waals surface area contributed by atoms with Gasteiger partial charge < -0.3 is 4.74 Å². The highest BCUT2D eigenvalue weighted by Gasteiger charge is 2.29. The van der Waals surface area contributed by atoms with E-state index in [1.165, 1.54) is 19.2 Å². The van der Waals surface area contributed by atoms with E-state index in [0.29, 0.717) is 0 Å². The minimum absolute atomic E-state index is 0.0501. The molecule has 0 fully saturated rings. The van der Waals surface area contributed by atoms with Gasteiger partial charge in [-0.3, -0.25) is 0 Å². The van der Waals surface area contributed by atoms with E-state index < -0.39 is 22.7 Å². The number of esters is 1. The number of benzene rings is 3. The first-order valence-corrected chi connectivity index (χ1v) is 8.65. The van der Waals surface area contributed by atoms with E-state index in [9.17, 15) is 9.18 Å². The molecule has 0 saturated heterocycles. The van der Waals surface area contributed by atoms with Crippen LogP contribution in [0.3, 0.4) is 0 Å². The number of ether oxygens (including phenoxy) is 1. The van der Waals surface area contributed by atoms with Crippen LogP contribution < -0.4 is 0 Å². The molecule has 0 heterocycles. The Bertz CT molecular complexity index is 795. The van der Waals surface area contributed by atoms with Crippen molar-refractivity contribution in [3.63, 3.8) is 0 Å². The first-order chi connectivity index (χ1) is 11.7. The van der Waals surface area contributed by atoms with Crippen molar-refractivity contribution < 1.29 is 13.9 Å². The van der Waals surface area contributed by atoms with Gasteiger partial charge in [-0.05, 0) is 36.4 Å². The summed E-state index contributed by atoms with van der Waals surface area (Å²) in [6.07, 6.45) is 0. The highest BCUT2D eigenvalue weighted by molar-refractivity contribution is 7.97. The van der Waals surface area contributed by atoms with Crippen LogP contribution in [0.5, 0.6) is 0 Å². The van der Waals surface area contributed by atoms with Crippen molar-refractivity contribution in [2.45, 2.75) is 14.7 Å². The van der Waals surface area contributed by atoms with Gasteiger partial charge in [0.05, 0.1) is 23.6 Å². The molecule has 3 rings (SSSR count). The van der Waals surface area contributed by atoms with Crippen molar-refractivity contribution in [3.05, 3.63) is 90.2 Å². The van der Waals surface area contributed by atoms with Gasteiger partial charge in [-0.25, -0.2) is 9.18 Å². The molecule has 0 atom stereocenters. The Labute approximate surface area is 143 Å². The van der Waals surface area contributed by atoms with E-state index in [-0.39, 0.29) is 5.56 Å². The molecule has 0 aliphatic heterocycles. The van der Waals surface area contributed by atoms with Gasteiger partial charge in [-0.2, -0.15) is 0 Å². The summed E-state index contributed by atoms with van der Waals surface area (Å²) in [5.41, 5.74) is -0.0501. The third-order valence-electron chi connectivity index (χ3n) is 3.54. The van der Waals surface area contributed by atoms with Crippen LogP contribution in [0.2, 0.25) is 0 Å². The van der Waals surface area contributed by atoms with Gasteiger partial charge in [0, 0.05) is 6.07 Å². The van der Waals surface area contributed by atoms with E-state index in [1.807, 2.05) is 60.7 Å². The summed E-state index contributed by atoms with van der Waals surface area (Å²) in [6.45, 7) is 0. The number of hydrogen-bond acceptors (Lipinski definition) is 2. The Morgan fingerprint density at radius 1 is 0.833 bits per heavy atom. The fourth-order valence-corrected chi connectivity index (χ4v) is 4.52. The lowest BCUT2D eigenvalue weighted by Crippen LogP contribution is -2.08. The third-order valence-corrected chi connectivity index (χ3v) is 5.75. The lowest BCUT2D eigenvalue weighted by molar-refractivity contribution is 0.0595. The fourth-order valence-electron chi connectivity index (χ4n) is 2.42.